The number of hydrogen-bond acceptors (Lipinski definition) is 5. The third-order valence-corrected chi connectivity index (χ3v) is 5.00. The van der Waals surface area contributed by atoms with Crippen LogP contribution in [0, 0.1) is 5.92 Å². The molecule has 2 N–H and O–H groups in total. The maximum Gasteiger partial charge on any atom is 0.224 e. The molecular formula is C20H24N4O3. The summed E-state index contributed by atoms with van der Waals surface area (Å²) >= 11 is 0. The zero-order valence-corrected chi connectivity index (χ0v) is 15.4. The Labute approximate surface area is 157 Å². The van der Waals surface area contributed by atoms with Gasteiger partial charge in [-0.3, -0.25) is 9.69 Å². The van der Waals surface area contributed by atoms with E-state index in [4.69, 9.17) is 9.15 Å². The fraction of sp³-hybridized carbons (Fsp3) is 0.400. The number of hydrogen-bond donors (Lipinski definition) is 2. The molecule has 1 unspecified atom stereocenters. The minimum atomic E-state index is -0.00168. The van der Waals surface area contributed by atoms with Crippen molar-refractivity contribution < 1.29 is 13.9 Å². The molecule has 1 fully saturated rings. The highest BCUT2D eigenvalue weighted by atomic mass is 16.5. The molecular weight excluding hydrogens is 344 g/mol. The van der Waals surface area contributed by atoms with E-state index in [2.05, 4.69) is 20.2 Å². The standard InChI is InChI=1S/C20H24N4O3/c1-26-15-6-7-17-18(10-15)23-19(22-17)11-21-20(25)14-4-2-8-24(12-14)13-16-5-3-9-27-16/h3,5-7,9-10,14H,2,4,8,11-13H2,1H3,(H,21,25)(H,22,23). The fourth-order valence-corrected chi connectivity index (χ4v) is 3.60. The van der Waals surface area contributed by atoms with Gasteiger partial charge in [0.15, 0.2) is 0 Å². The first-order valence-corrected chi connectivity index (χ1v) is 9.26. The lowest BCUT2D eigenvalue weighted by Crippen LogP contribution is -2.42. The van der Waals surface area contributed by atoms with Gasteiger partial charge in [-0.2, -0.15) is 0 Å². The Morgan fingerprint density at radius 2 is 2.37 bits per heavy atom. The summed E-state index contributed by atoms with van der Waals surface area (Å²) in [5.41, 5.74) is 1.77. The maximum atomic E-state index is 12.6. The lowest BCUT2D eigenvalue weighted by atomic mass is 9.97. The molecule has 1 atom stereocenters. The number of fused-ring (bicyclic) bond motifs is 1. The zero-order chi connectivity index (χ0) is 18.6. The molecule has 1 amide bonds. The molecule has 27 heavy (non-hydrogen) atoms. The molecule has 7 heteroatoms. The van der Waals surface area contributed by atoms with Gasteiger partial charge in [0, 0.05) is 12.6 Å². The van der Waals surface area contributed by atoms with Crippen LogP contribution in [0.4, 0.5) is 0 Å². The lowest BCUT2D eigenvalue weighted by Gasteiger charge is -2.31. The van der Waals surface area contributed by atoms with Gasteiger partial charge in [0.25, 0.3) is 0 Å². The molecule has 0 aliphatic carbocycles. The second-order valence-corrected chi connectivity index (χ2v) is 6.94. The van der Waals surface area contributed by atoms with Crippen LogP contribution in [0.15, 0.2) is 41.0 Å². The summed E-state index contributed by atoms with van der Waals surface area (Å²) in [6.07, 6.45) is 3.62. The van der Waals surface area contributed by atoms with E-state index in [1.54, 1.807) is 13.4 Å². The number of ether oxygens (including phenoxy) is 1. The van der Waals surface area contributed by atoms with Crippen molar-refractivity contribution in [3.63, 3.8) is 0 Å². The Kier molecular flexibility index (Phi) is 5.11. The number of likely N-dealkylation sites (tertiary alicyclic amines) is 1. The number of methoxy groups -OCH3 is 1. The van der Waals surface area contributed by atoms with E-state index in [1.165, 1.54) is 0 Å². The first-order chi connectivity index (χ1) is 13.2. The van der Waals surface area contributed by atoms with Crippen LogP contribution in [-0.4, -0.2) is 41.0 Å². The van der Waals surface area contributed by atoms with E-state index in [9.17, 15) is 4.79 Å². The molecule has 3 aromatic rings. The van der Waals surface area contributed by atoms with Crippen molar-refractivity contribution in [2.75, 3.05) is 20.2 Å². The topological polar surface area (TPSA) is 83.4 Å². The van der Waals surface area contributed by atoms with Crippen molar-refractivity contribution in [3.05, 3.63) is 48.2 Å². The predicted molar refractivity (Wildman–Crippen MR) is 101 cm³/mol. The number of amides is 1. The number of aromatic amines is 1. The Bertz CT molecular complexity index is 903. The molecule has 1 saturated heterocycles. The highest BCUT2D eigenvalue weighted by molar-refractivity contribution is 5.79. The number of benzene rings is 1. The van der Waals surface area contributed by atoms with Gasteiger partial charge in [-0.25, -0.2) is 4.98 Å². The van der Waals surface area contributed by atoms with E-state index in [-0.39, 0.29) is 11.8 Å². The number of carbonyl (C=O) groups is 1. The Hall–Kier alpha value is -2.80. The quantitative estimate of drug-likeness (QED) is 0.699. The van der Waals surface area contributed by atoms with Gasteiger partial charge in [0.2, 0.25) is 5.91 Å². The number of furan rings is 1. The third-order valence-electron chi connectivity index (χ3n) is 5.00. The summed E-state index contributed by atoms with van der Waals surface area (Å²) in [5.74, 6) is 2.54. The van der Waals surface area contributed by atoms with E-state index >= 15 is 0 Å². The molecule has 3 heterocycles. The van der Waals surface area contributed by atoms with Crippen LogP contribution < -0.4 is 10.1 Å². The summed E-state index contributed by atoms with van der Waals surface area (Å²) in [6.45, 7) is 2.90. The largest absolute Gasteiger partial charge is 0.497 e. The van der Waals surface area contributed by atoms with Gasteiger partial charge in [0.1, 0.15) is 17.3 Å². The second kappa shape index (κ2) is 7.84. The Morgan fingerprint density at radius 3 is 3.19 bits per heavy atom. The summed E-state index contributed by atoms with van der Waals surface area (Å²) in [6, 6.07) is 9.55. The van der Waals surface area contributed by atoms with Gasteiger partial charge < -0.3 is 19.5 Å². The smallest absolute Gasteiger partial charge is 0.224 e. The average molecular weight is 368 g/mol. The van der Waals surface area contributed by atoms with Crippen molar-refractivity contribution in [2.45, 2.75) is 25.9 Å². The lowest BCUT2D eigenvalue weighted by molar-refractivity contribution is -0.127. The average Bonchev–Trinajstić information content (AvgIpc) is 3.34. The van der Waals surface area contributed by atoms with Crippen LogP contribution >= 0.6 is 0 Å². The van der Waals surface area contributed by atoms with Crippen molar-refractivity contribution >= 4 is 16.9 Å². The van der Waals surface area contributed by atoms with Crippen molar-refractivity contribution in [1.29, 1.82) is 0 Å². The monoisotopic (exact) mass is 368 g/mol. The number of H-pyrrole nitrogens is 1. The normalized spacial score (nSPS) is 17.9. The highest BCUT2D eigenvalue weighted by Crippen LogP contribution is 2.20. The predicted octanol–water partition coefficient (Wildman–Crippen LogP) is 2.69. The Morgan fingerprint density at radius 1 is 1.44 bits per heavy atom. The van der Waals surface area contributed by atoms with E-state index < -0.39 is 0 Å². The second-order valence-electron chi connectivity index (χ2n) is 6.94. The van der Waals surface area contributed by atoms with Crippen molar-refractivity contribution in [3.8, 4) is 5.75 Å². The molecule has 0 bridgehead atoms. The minimum Gasteiger partial charge on any atom is -0.497 e. The molecule has 2 aromatic heterocycles. The SMILES string of the molecule is COc1ccc2nc(CNC(=O)C3CCCN(Cc4ccco4)C3)[nH]c2c1. The van der Waals surface area contributed by atoms with E-state index in [0.717, 1.165) is 60.8 Å². The number of carbonyl (C=O) groups excluding carboxylic acids is 1. The van der Waals surface area contributed by atoms with Crippen LogP contribution in [0.2, 0.25) is 0 Å². The first kappa shape index (κ1) is 17.6. The molecule has 142 valence electrons. The molecule has 0 saturated carbocycles. The summed E-state index contributed by atoms with van der Waals surface area (Å²) in [5, 5.41) is 3.02. The highest BCUT2D eigenvalue weighted by Gasteiger charge is 2.26. The van der Waals surface area contributed by atoms with Crippen molar-refractivity contribution in [2.24, 2.45) is 5.92 Å². The first-order valence-electron chi connectivity index (χ1n) is 9.26. The molecule has 4 rings (SSSR count). The van der Waals surface area contributed by atoms with Gasteiger partial charge in [-0.1, -0.05) is 0 Å². The van der Waals surface area contributed by atoms with E-state index in [1.807, 2.05) is 30.3 Å². The number of nitrogens with one attached hydrogen (secondary N) is 2. The number of imidazole rings is 1. The molecule has 7 nitrogen and oxygen atoms in total. The summed E-state index contributed by atoms with van der Waals surface area (Å²) < 4.78 is 10.6. The van der Waals surface area contributed by atoms with E-state index in [0.29, 0.717) is 6.54 Å². The van der Waals surface area contributed by atoms with Gasteiger partial charge in [-0.05, 0) is 43.7 Å². The number of piperidine rings is 1. The number of rotatable bonds is 6. The van der Waals surface area contributed by atoms with Crippen LogP contribution in [0.25, 0.3) is 11.0 Å². The minimum absolute atomic E-state index is 0.00168. The molecule has 1 aromatic carbocycles. The van der Waals surface area contributed by atoms with Crippen LogP contribution in [0.1, 0.15) is 24.4 Å². The third kappa shape index (κ3) is 4.14. The van der Waals surface area contributed by atoms with Crippen molar-refractivity contribution in [1.82, 2.24) is 20.2 Å². The molecule has 1 aliphatic heterocycles. The van der Waals surface area contributed by atoms with Gasteiger partial charge in [-0.15, -0.1) is 0 Å². The van der Waals surface area contributed by atoms with Crippen LogP contribution in [-0.2, 0) is 17.9 Å². The Balaban J connectivity index is 1.33. The summed E-state index contributed by atoms with van der Waals surface area (Å²) in [7, 11) is 1.64. The number of nitrogens with zero attached hydrogens (tertiary/aromatic N) is 2. The molecule has 0 spiro atoms. The zero-order valence-electron chi connectivity index (χ0n) is 15.4. The molecule has 0 radical (unpaired) electrons. The van der Waals surface area contributed by atoms with Crippen LogP contribution in [0.3, 0.4) is 0 Å². The maximum absolute atomic E-state index is 12.6. The van der Waals surface area contributed by atoms with Crippen LogP contribution in [0.5, 0.6) is 5.75 Å². The fourth-order valence-electron chi connectivity index (χ4n) is 3.60. The summed E-state index contributed by atoms with van der Waals surface area (Å²) in [4.78, 5) is 22.6. The van der Waals surface area contributed by atoms with Gasteiger partial charge in [0.05, 0.1) is 43.4 Å². The van der Waals surface area contributed by atoms with Gasteiger partial charge >= 0.3 is 0 Å². The number of aromatic nitrogens is 2. The molecule has 1 aliphatic rings.